The van der Waals surface area contributed by atoms with Gasteiger partial charge in [-0.3, -0.25) is 0 Å². The Kier molecular flexibility index (Phi) is 17.7. The lowest BCUT2D eigenvalue weighted by Gasteiger charge is -2.34. The number of carbonyl (C=O) groups excluding carboxylic acids is 2. The van der Waals surface area contributed by atoms with Crippen molar-refractivity contribution < 1.29 is 27.8 Å². The number of hydrogen-bond donors (Lipinski definition) is 2. The highest BCUT2D eigenvalue weighted by molar-refractivity contribution is 6.11. The van der Waals surface area contributed by atoms with E-state index in [1.807, 2.05) is 12.1 Å². The molecule has 0 bridgehead atoms. The summed E-state index contributed by atoms with van der Waals surface area (Å²) in [5, 5.41) is 30.3. The van der Waals surface area contributed by atoms with Crippen molar-refractivity contribution in [1.29, 1.82) is 0 Å². The van der Waals surface area contributed by atoms with E-state index in [0.717, 1.165) is 67.6 Å². The molecule has 2 N–H and O–H groups in total. The van der Waals surface area contributed by atoms with Crippen LogP contribution in [0.4, 0.5) is 8.78 Å². The minimum Gasteiger partial charge on any atom is -0.505 e. The molecule has 0 saturated heterocycles. The summed E-state index contributed by atoms with van der Waals surface area (Å²) < 4.78 is 49.1. The van der Waals surface area contributed by atoms with Gasteiger partial charge in [0.25, 0.3) is 12.6 Å². The summed E-state index contributed by atoms with van der Waals surface area (Å²) in [5.74, 6) is -0.0502. The van der Waals surface area contributed by atoms with Crippen molar-refractivity contribution in [3.05, 3.63) is 178 Å². The van der Waals surface area contributed by atoms with Crippen molar-refractivity contribution in [2.75, 3.05) is 0 Å². The van der Waals surface area contributed by atoms with E-state index in [-0.39, 0.29) is 54.8 Å². The molecular formula is C85H102F2N2O4+2. The van der Waals surface area contributed by atoms with Crippen molar-refractivity contribution >= 4 is 56.2 Å². The van der Waals surface area contributed by atoms with Gasteiger partial charge in [0.05, 0.1) is 57.4 Å². The molecule has 0 unspecified atom stereocenters. The third kappa shape index (κ3) is 14.2. The highest BCUT2D eigenvalue weighted by atomic mass is 19.1. The van der Waals surface area contributed by atoms with E-state index in [9.17, 15) is 10.2 Å². The first-order chi connectivity index (χ1) is 43.0. The van der Waals surface area contributed by atoms with Gasteiger partial charge < -0.3 is 19.3 Å². The second kappa shape index (κ2) is 24.2. The lowest BCUT2D eigenvalue weighted by atomic mass is 9.71. The zero-order valence-corrected chi connectivity index (χ0v) is 59.8. The first kappa shape index (κ1) is 68.0. The third-order valence-electron chi connectivity index (χ3n) is 18.7. The van der Waals surface area contributed by atoms with Gasteiger partial charge in [0, 0.05) is 44.8 Å². The zero-order chi connectivity index (χ0) is 68.1. The molecule has 0 aliphatic rings. The van der Waals surface area contributed by atoms with Gasteiger partial charge >= 0.3 is 11.5 Å². The number of hydrogen-bond acceptors (Lipinski definition) is 2. The van der Waals surface area contributed by atoms with E-state index >= 15 is 8.78 Å². The number of aromatic hydroxyl groups is 2. The molecular weight excluding hydrogens is 1150 g/mol. The van der Waals surface area contributed by atoms with Crippen LogP contribution in [0.25, 0.3) is 77.2 Å². The normalized spacial score (nSPS) is 13.6. The molecule has 6 nitrogen and oxygen atoms in total. The second-order valence-corrected chi connectivity index (χ2v) is 34.4. The number of aldehydes is 2. The fourth-order valence-electron chi connectivity index (χ4n) is 14.3. The van der Waals surface area contributed by atoms with E-state index in [2.05, 4.69) is 246 Å². The number of unbranched alkanes of at least 4 members (excludes halogenated alkanes) is 2. The molecule has 8 aromatic carbocycles. The molecule has 93 heavy (non-hydrogen) atoms. The van der Waals surface area contributed by atoms with Crippen molar-refractivity contribution in [3.8, 4) is 56.6 Å². The zero-order valence-electron chi connectivity index (χ0n) is 59.8. The summed E-state index contributed by atoms with van der Waals surface area (Å²) in [7, 11) is 0. The Morgan fingerprint density at radius 1 is 0.344 bits per heavy atom. The van der Waals surface area contributed by atoms with Gasteiger partial charge in [0.2, 0.25) is 0 Å². The van der Waals surface area contributed by atoms with Crippen LogP contribution in [0.5, 0.6) is 23.0 Å². The molecule has 0 atom stereocenters. The Hall–Kier alpha value is -7.84. The molecule has 488 valence electrons. The number of phenols is 2. The number of phenolic OH excluding ortho intramolecular Hbond substituents is 2. The molecule has 0 aliphatic heterocycles. The molecule has 0 saturated carbocycles. The van der Waals surface area contributed by atoms with Gasteiger partial charge in [-0.25, -0.2) is 17.6 Å². The summed E-state index contributed by atoms with van der Waals surface area (Å²) in [6.45, 7) is 49.2. The molecule has 0 fully saturated rings. The van der Waals surface area contributed by atoms with Crippen LogP contribution in [0.15, 0.2) is 133 Å². The standard InChI is InChI=1S/C85H100F2N2O4/c1-78(2,3)50-84(19,20)56-44-66(76(90)72(46-56)88-68-32-26-52(80(7,8)9)40-60(68)61-41-53(81(10,11)12)27-33-69(61)88)64-48-58(86)30-36-74(64)92-38-24-23-25-39-93-75-37-31-59(87)49-65(75)67-45-57(85(21,22)51-79(4,5)6)47-73(77(67)91)89-70-34-28-54(82(13,14)15)42-62(70)63-43-55(83(16,17)18)29-35-71(63)89/h26-49H,23-25,50-51H2,1-22H3/p+2. The first-order valence-corrected chi connectivity index (χ1v) is 33.5. The molecule has 2 aromatic heterocycles. The molecule has 0 radical (unpaired) electrons. The first-order valence-electron chi connectivity index (χ1n) is 33.5. The number of benzene rings is 8. The van der Waals surface area contributed by atoms with Crippen LogP contribution in [-0.2, 0) is 41.3 Å². The fourth-order valence-corrected chi connectivity index (χ4v) is 14.3. The SMILES string of the molecule is CC(C)(C)CC(C)(C)c1cc(-c2cc(F)ccc2[O+]=CCCCC=[O+]c2ccc(F)cc2-c2cc(C(C)(C)CC(C)(C)C)cc(-n3c4ccc(C(C)(C)C)cc4c4cc(C(C)(C)C)ccc43)c2O)c(O)c(-n2c3ccc(C(C)(C)C)cc3c3cc(C(C)(C)C)ccc32)c1. The Labute approximate surface area is 553 Å². The Morgan fingerprint density at radius 3 is 0.903 bits per heavy atom. The summed E-state index contributed by atoms with van der Waals surface area (Å²) in [6.07, 6.45) is 6.75. The van der Waals surface area contributed by atoms with E-state index in [1.54, 1.807) is 24.7 Å². The molecule has 0 amide bonds. The number of aromatic nitrogens is 2. The maximum atomic E-state index is 15.8. The Morgan fingerprint density at radius 2 is 0.634 bits per heavy atom. The van der Waals surface area contributed by atoms with Gasteiger partial charge in [0.15, 0.2) is 0 Å². The lowest BCUT2D eigenvalue weighted by molar-refractivity contribution is -0.361. The second-order valence-electron chi connectivity index (χ2n) is 34.4. The van der Waals surface area contributed by atoms with Crippen molar-refractivity contribution in [2.24, 2.45) is 10.8 Å². The summed E-state index contributed by atoms with van der Waals surface area (Å²) in [6, 6.07) is 43.9. The van der Waals surface area contributed by atoms with Gasteiger partial charge in [-0.05, 0) is 193 Å². The quantitative estimate of drug-likeness (QED) is 0.0647. The Balaban J connectivity index is 1.01. The van der Waals surface area contributed by atoms with Crippen molar-refractivity contribution in [2.45, 2.75) is 217 Å². The van der Waals surface area contributed by atoms with Gasteiger partial charge in [-0.15, -0.1) is 0 Å². The van der Waals surface area contributed by atoms with Crippen molar-refractivity contribution in [3.63, 3.8) is 0 Å². The number of nitrogens with zero attached hydrogens (tertiary/aromatic N) is 2. The summed E-state index contributed by atoms with van der Waals surface area (Å²) in [5.41, 5.74) is 12.6. The van der Waals surface area contributed by atoms with Crippen LogP contribution in [0.1, 0.15) is 218 Å². The number of rotatable bonds is 14. The predicted octanol–water partition coefficient (Wildman–Crippen LogP) is 24.3. The molecule has 8 heteroatoms. The van der Waals surface area contributed by atoms with E-state index in [1.165, 1.54) is 46.5 Å². The Bertz CT molecular complexity index is 4140. The highest BCUT2D eigenvalue weighted by Gasteiger charge is 2.35. The van der Waals surface area contributed by atoms with E-state index in [4.69, 9.17) is 8.85 Å². The van der Waals surface area contributed by atoms with E-state index in [0.29, 0.717) is 64.4 Å². The highest BCUT2D eigenvalue weighted by Crippen LogP contribution is 2.51. The van der Waals surface area contributed by atoms with Gasteiger partial charge in [-0.1, -0.05) is 177 Å². The average molecular weight is 1250 g/mol. The molecule has 0 aliphatic carbocycles. The monoisotopic (exact) mass is 1250 g/mol. The molecule has 2 heterocycles. The smallest absolute Gasteiger partial charge is 0.360 e. The maximum absolute atomic E-state index is 15.8. The number of halogens is 2. The van der Waals surface area contributed by atoms with Crippen molar-refractivity contribution in [1.82, 2.24) is 9.13 Å². The largest absolute Gasteiger partial charge is 0.505 e. The minimum atomic E-state index is -0.452. The van der Waals surface area contributed by atoms with Gasteiger partial charge in [-0.2, -0.15) is 0 Å². The van der Waals surface area contributed by atoms with E-state index < -0.39 is 11.6 Å². The topological polar surface area (TPSA) is 72.9 Å². The third-order valence-corrected chi connectivity index (χ3v) is 18.7. The van der Waals surface area contributed by atoms with Crippen LogP contribution in [0.2, 0.25) is 0 Å². The van der Waals surface area contributed by atoms with Gasteiger partial charge in [0.1, 0.15) is 23.1 Å². The molecule has 10 rings (SSSR count). The predicted molar refractivity (Wildman–Crippen MR) is 390 cm³/mol. The summed E-state index contributed by atoms with van der Waals surface area (Å²) in [4.78, 5) is 0. The molecule has 0 spiro atoms. The van der Waals surface area contributed by atoms with Crippen LogP contribution in [0.3, 0.4) is 0 Å². The maximum Gasteiger partial charge on any atom is 0.360 e. The number of fused-ring (bicyclic) bond motifs is 6. The average Bonchev–Trinajstić information content (AvgIpc) is 1.59. The molecule has 10 aromatic rings. The summed E-state index contributed by atoms with van der Waals surface area (Å²) >= 11 is 0. The van der Waals surface area contributed by atoms with Crippen LogP contribution in [0, 0.1) is 22.5 Å². The lowest BCUT2D eigenvalue weighted by Crippen LogP contribution is -2.25. The fraction of sp³-hybridized carbons (Fsp3) is 0.412. The minimum absolute atomic E-state index is 0.0206. The van der Waals surface area contributed by atoms with Crippen LogP contribution in [-0.4, -0.2) is 31.9 Å². The van der Waals surface area contributed by atoms with Crippen LogP contribution < -0.4 is 0 Å². The van der Waals surface area contributed by atoms with Crippen LogP contribution >= 0.6 is 0 Å².